The van der Waals surface area contributed by atoms with E-state index >= 15 is 0 Å². The maximum atomic E-state index is 11.7. The van der Waals surface area contributed by atoms with E-state index in [1.165, 1.54) is 12.8 Å². The highest BCUT2D eigenvalue weighted by Gasteiger charge is 2.23. The zero-order valence-electron chi connectivity index (χ0n) is 12.5. The zero-order chi connectivity index (χ0) is 15.0. The van der Waals surface area contributed by atoms with Gasteiger partial charge in [0.15, 0.2) is 0 Å². The average molecular weight is 282 g/mol. The number of esters is 1. The van der Waals surface area contributed by atoms with Crippen molar-refractivity contribution in [3.8, 4) is 0 Å². The molecule has 114 valence electrons. The molecule has 0 atom stereocenters. The SMILES string of the molecule is C=CC(=O)OCCNC(=O)NC1CCC(C(C)C)CC1. The highest BCUT2D eigenvalue weighted by molar-refractivity contribution is 5.81. The quantitative estimate of drug-likeness (QED) is 0.446. The predicted molar refractivity (Wildman–Crippen MR) is 78.3 cm³/mol. The number of carbonyl (C=O) groups is 2. The number of hydrogen-bond donors (Lipinski definition) is 2. The van der Waals surface area contributed by atoms with Crippen LogP contribution in [0, 0.1) is 11.8 Å². The summed E-state index contributed by atoms with van der Waals surface area (Å²) in [5.41, 5.74) is 0. The van der Waals surface area contributed by atoms with E-state index in [0.717, 1.165) is 30.8 Å². The van der Waals surface area contributed by atoms with Crippen LogP contribution in [0.1, 0.15) is 39.5 Å². The lowest BCUT2D eigenvalue weighted by molar-refractivity contribution is -0.137. The smallest absolute Gasteiger partial charge is 0.330 e. The third-order valence-corrected chi connectivity index (χ3v) is 3.85. The molecular weight excluding hydrogens is 256 g/mol. The van der Waals surface area contributed by atoms with Crippen LogP contribution in [0.25, 0.3) is 0 Å². The second-order valence-electron chi connectivity index (χ2n) is 5.63. The maximum Gasteiger partial charge on any atom is 0.330 e. The standard InChI is InChI=1S/C15H26N2O3/c1-4-14(18)20-10-9-16-15(19)17-13-7-5-12(6-8-13)11(2)3/h4,11-13H,1,5-10H2,2-3H3,(H2,16,17,19). The Morgan fingerprint density at radius 3 is 2.50 bits per heavy atom. The van der Waals surface area contributed by atoms with E-state index in [1.807, 2.05) is 0 Å². The largest absolute Gasteiger partial charge is 0.461 e. The lowest BCUT2D eigenvalue weighted by atomic mass is 9.80. The van der Waals surface area contributed by atoms with Crippen molar-refractivity contribution in [1.29, 1.82) is 0 Å². The normalized spacial score (nSPS) is 22.1. The average Bonchev–Trinajstić information content (AvgIpc) is 2.43. The van der Waals surface area contributed by atoms with Crippen LogP contribution < -0.4 is 10.6 Å². The van der Waals surface area contributed by atoms with Crippen LogP contribution in [0.2, 0.25) is 0 Å². The van der Waals surface area contributed by atoms with Gasteiger partial charge >= 0.3 is 12.0 Å². The molecule has 5 nitrogen and oxygen atoms in total. The highest BCUT2D eigenvalue weighted by Crippen LogP contribution is 2.29. The van der Waals surface area contributed by atoms with E-state index in [-0.39, 0.29) is 18.7 Å². The summed E-state index contributed by atoms with van der Waals surface area (Å²) in [5.74, 6) is 1.04. The third-order valence-electron chi connectivity index (χ3n) is 3.85. The van der Waals surface area contributed by atoms with Gasteiger partial charge in [0.1, 0.15) is 6.61 Å². The topological polar surface area (TPSA) is 67.4 Å². The fourth-order valence-corrected chi connectivity index (χ4v) is 2.54. The molecule has 1 rings (SSSR count). The van der Waals surface area contributed by atoms with Crippen molar-refractivity contribution in [2.45, 2.75) is 45.6 Å². The minimum absolute atomic E-state index is 0.165. The fraction of sp³-hybridized carbons (Fsp3) is 0.733. The molecule has 2 amide bonds. The Morgan fingerprint density at radius 1 is 1.30 bits per heavy atom. The van der Waals surface area contributed by atoms with Crippen LogP contribution in [0.3, 0.4) is 0 Å². The van der Waals surface area contributed by atoms with Gasteiger partial charge in [-0.15, -0.1) is 0 Å². The van der Waals surface area contributed by atoms with Gasteiger partial charge in [0.25, 0.3) is 0 Å². The molecule has 0 spiro atoms. The van der Waals surface area contributed by atoms with Crippen LogP contribution in [-0.2, 0) is 9.53 Å². The Kier molecular flexibility index (Phi) is 7.12. The van der Waals surface area contributed by atoms with E-state index in [9.17, 15) is 9.59 Å². The van der Waals surface area contributed by atoms with E-state index in [1.54, 1.807) is 0 Å². The van der Waals surface area contributed by atoms with Crippen LogP contribution in [0.5, 0.6) is 0 Å². The lowest BCUT2D eigenvalue weighted by Crippen LogP contribution is -2.44. The maximum absolute atomic E-state index is 11.7. The van der Waals surface area contributed by atoms with Crippen molar-refractivity contribution in [3.05, 3.63) is 12.7 Å². The summed E-state index contributed by atoms with van der Waals surface area (Å²) < 4.78 is 4.77. The molecule has 1 fully saturated rings. The number of urea groups is 1. The Balaban J connectivity index is 2.11. The van der Waals surface area contributed by atoms with Gasteiger partial charge in [0.05, 0.1) is 6.54 Å². The molecule has 1 aliphatic rings. The molecule has 2 N–H and O–H groups in total. The number of rotatable bonds is 6. The van der Waals surface area contributed by atoms with E-state index in [2.05, 4.69) is 31.1 Å². The van der Waals surface area contributed by atoms with Gasteiger partial charge in [-0.3, -0.25) is 0 Å². The van der Waals surface area contributed by atoms with Crippen LogP contribution >= 0.6 is 0 Å². The highest BCUT2D eigenvalue weighted by atomic mass is 16.5. The van der Waals surface area contributed by atoms with Gasteiger partial charge in [-0.1, -0.05) is 20.4 Å². The predicted octanol–water partition coefficient (Wildman–Crippen LogP) is 2.23. The first-order valence-electron chi connectivity index (χ1n) is 7.36. The molecule has 0 aromatic carbocycles. The summed E-state index contributed by atoms with van der Waals surface area (Å²) in [4.78, 5) is 22.4. The van der Waals surface area contributed by atoms with Crippen LogP contribution in [0.4, 0.5) is 4.79 Å². The summed E-state index contributed by atoms with van der Waals surface area (Å²) in [6, 6.07) is 0.0772. The minimum Gasteiger partial charge on any atom is -0.461 e. The van der Waals surface area contributed by atoms with Gasteiger partial charge in [-0.2, -0.15) is 0 Å². The zero-order valence-corrected chi connectivity index (χ0v) is 12.5. The number of hydrogen-bond acceptors (Lipinski definition) is 3. The molecule has 0 unspecified atom stereocenters. The number of ether oxygens (including phenoxy) is 1. The molecule has 0 radical (unpaired) electrons. The Hall–Kier alpha value is -1.52. The lowest BCUT2D eigenvalue weighted by Gasteiger charge is -2.31. The second kappa shape index (κ2) is 8.61. The number of nitrogens with one attached hydrogen (secondary N) is 2. The van der Waals surface area contributed by atoms with Crippen molar-refractivity contribution in [3.63, 3.8) is 0 Å². The molecule has 0 aromatic heterocycles. The van der Waals surface area contributed by atoms with Crippen molar-refractivity contribution < 1.29 is 14.3 Å². The van der Waals surface area contributed by atoms with Gasteiger partial charge in [-0.25, -0.2) is 9.59 Å². The van der Waals surface area contributed by atoms with Crippen molar-refractivity contribution in [2.75, 3.05) is 13.2 Å². The Bertz CT molecular complexity index is 334. The molecule has 0 aromatic rings. The molecule has 1 saturated carbocycles. The monoisotopic (exact) mass is 282 g/mol. The summed E-state index contributed by atoms with van der Waals surface area (Å²) in [6.07, 6.45) is 5.55. The van der Waals surface area contributed by atoms with Crippen molar-refractivity contribution >= 4 is 12.0 Å². The van der Waals surface area contributed by atoms with Gasteiger partial charge in [0, 0.05) is 12.1 Å². The molecule has 0 aliphatic heterocycles. The summed E-state index contributed by atoms with van der Waals surface area (Å²) in [5, 5.41) is 5.65. The second-order valence-corrected chi connectivity index (χ2v) is 5.63. The Morgan fingerprint density at radius 2 is 1.95 bits per heavy atom. The Labute approximate surface area is 121 Å². The van der Waals surface area contributed by atoms with E-state index in [0.29, 0.717) is 6.54 Å². The number of amides is 2. The van der Waals surface area contributed by atoms with Crippen molar-refractivity contribution in [2.24, 2.45) is 11.8 Å². The van der Waals surface area contributed by atoms with Crippen molar-refractivity contribution in [1.82, 2.24) is 10.6 Å². The first kappa shape index (κ1) is 16.5. The van der Waals surface area contributed by atoms with Gasteiger partial charge in [-0.05, 0) is 37.5 Å². The minimum atomic E-state index is -0.473. The van der Waals surface area contributed by atoms with Crippen LogP contribution in [-0.4, -0.2) is 31.2 Å². The molecule has 0 heterocycles. The molecule has 0 saturated heterocycles. The fourth-order valence-electron chi connectivity index (χ4n) is 2.54. The van der Waals surface area contributed by atoms with Gasteiger partial charge < -0.3 is 15.4 Å². The molecular formula is C15H26N2O3. The summed E-state index contributed by atoms with van der Waals surface area (Å²) in [7, 11) is 0. The molecule has 0 bridgehead atoms. The summed E-state index contributed by atoms with van der Waals surface area (Å²) >= 11 is 0. The van der Waals surface area contributed by atoms with E-state index in [4.69, 9.17) is 4.74 Å². The molecule has 5 heteroatoms. The summed E-state index contributed by atoms with van der Waals surface area (Å²) in [6.45, 7) is 8.29. The number of carbonyl (C=O) groups excluding carboxylic acids is 2. The third kappa shape index (κ3) is 6.08. The molecule has 20 heavy (non-hydrogen) atoms. The molecule has 1 aliphatic carbocycles. The van der Waals surface area contributed by atoms with E-state index < -0.39 is 5.97 Å². The van der Waals surface area contributed by atoms with Gasteiger partial charge in [0.2, 0.25) is 0 Å². The first-order valence-corrected chi connectivity index (χ1v) is 7.36. The van der Waals surface area contributed by atoms with Crippen LogP contribution in [0.15, 0.2) is 12.7 Å². The first-order chi connectivity index (χ1) is 9.52.